The van der Waals surface area contributed by atoms with Crippen LogP contribution in [0.15, 0.2) is 11.0 Å². The molecular formula is C18H21N5O4. The summed E-state index contributed by atoms with van der Waals surface area (Å²) >= 11 is 0. The Kier molecular flexibility index (Phi) is 4.29. The van der Waals surface area contributed by atoms with Gasteiger partial charge in [-0.25, -0.2) is 9.78 Å². The molecule has 0 aromatic carbocycles. The van der Waals surface area contributed by atoms with Gasteiger partial charge in [0.15, 0.2) is 5.69 Å². The fourth-order valence-corrected chi connectivity index (χ4v) is 3.48. The van der Waals surface area contributed by atoms with Gasteiger partial charge in [0.25, 0.3) is 5.56 Å². The van der Waals surface area contributed by atoms with Crippen molar-refractivity contribution in [2.24, 2.45) is 5.92 Å². The summed E-state index contributed by atoms with van der Waals surface area (Å²) in [6, 6.07) is 0. The molecular weight excluding hydrogens is 350 g/mol. The molecule has 2 aromatic heterocycles. The van der Waals surface area contributed by atoms with E-state index in [0.717, 1.165) is 25.1 Å². The molecule has 1 fully saturated rings. The highest BCUT2D eigenvalue weighted by molar-refractivity contribution is 5.88. The maximum absolute atomic E-state index is 12.7. The van der Waals surface area contributed by atoms with Gasteiger partial charge in [0.2, 0.25) is 5.91 Å². The number of amides is 1. The molecule has 1 amide bonds. The van der Waals surface area contributed by atoms with Gasteiger partial charge in [-0.15, -0.1) is 0 Å². The monoisotopic (exact) mass is 371 g/mol. The Bertz CT molecular complexity index is 973. The van der Waals surface area contributed by atoms with Gasteiger partial charge in [0.05, 0.1) is 6.42 Å². The smallest absolute Gasteiger partial charge is 0.356 e. The molecule has 1 aliphatic heterocycles. The van der Waals surface area contributed by atoms with E-state index < -0.39 is 5.97 Å². The van der Waals surface area contributed by atoms with Gasteiger partial charge in [0, 0.05) is 49.1 Å². The quantitative estimate of drug-likeness (QED) is 0.790. The summed E-state index contributed by atoms with van der Waals surface area (Å²) in [6.07, 6.45) is 4.23. The number of nitrogens with one attached hydrogen (secondary N) is 1. The first kappa shape index (κ1) is 17.4. The number of carboxylic acids is 1. The van der Waals surface area contributed by atoms with Crippen LogP contribution in [0.1, 0.15) is 46.0 Å². The van der Waals surface area contributed by atoms with E-state index in [9.17, 15) is 19.5 Å². The van der Waals surface area contributed by atoms with E-state index >= 15 is 0 Å². The highest BCUT2D eigenvalue weighted by Gasteiger charge is 2.32. The maximum atomic E-state index is 12.7. The van der Waals surface area contributed by atoms with Crippen molar-refractivity contribution in [3.05, 3.63) is 44.9 Å². The van der Waals surface area contributed by atoms with Gasteiger partial charge in [-0.1, -0.05) is 0 Å². The number of hydrogen-bond donors (Lipinski definition) is 2. The van der Waals surface area contributed by atoms with E-state index in [2.05, 4.69) is 15.1 Å². The van der Waals surface area contributed by atoms with Crippen LogP contribution in [0, 0.1) is 12.8 Å². The zero-order chi connectivity index (χ0) is 19.1. The van der Waals surface area contributed by atoms with E-state index in [1.165, 1.54) is 6.20 Å². The van der Waals surface area contributed by atoms with Crippen molar-refractivity contribution in [3.8, 4) is 0 Å². The van der Waals surface area contributed by atoms with Crippen LogP contribution in [0.3, 0.4) is 0 Å². The van der Waals surface area contributed by atoms with Crippen molar-refractivity contribution >= 4 is 11.9 Å². The Hall–Kier alpha value is -2.97. The van der Waals surface area contributed by atoms with Crippen molar-refractivity contribution in [1.29, 1.82) is 0 Å². The number of carboxylic acid groups (broad SMARTS) is 1. The molecule has 0 unspecified atom stereocenters. The van der Waals surface area contributed by atoms with Crippen LogP contribution in [0.2, 0.25) is 0 Å². The fraction of sp³-hybridized carbons (Fsp3) is 0.500. The van der Waals surface area contributed by atoms with Crippen molar-refractivity contribution in [3.63, 3.8) is 0 Å². The molecule has 2 aromatic rings. The molecule has 27 heavy (non-hydrogen) atoms. The minimum Gasteiger partial charge on any atom is -0.476 e. The van der Waals surface area contributed by atoms with Gasteiger partial charge in [-0.05, 0) is 25.7 Å². The molecule has 4 rings (SSSR count). The first-order chi connectivity index (χ1) is 12.9. The highest BCUT2D eigenvalue weighted by atomic mass is 16.4. The molecule has 9 nitrogen and oxygen atoms in total. The summed E-state index contributed by atoms with van der Waals surface area (Å²) in [6.45, 7) is 3.11. The lowest BCUT2D eigenvalue weighted by Crippen LogP contribution is -2.38. The van der Waals surface area contributed by atoms with Crippen molar-refractivity contribution in [2.45, 2.75) is 45.7 Å². The average Bonchev–Trinajstić information content (AvgIpc) is 3.37. The summed E-state index contributed by atoms with van der Waals surface area (Å²) in [5.41, 5.74) is 1.53. The van der Waals surface area contributed by atoms with Crippen molar-refractivity contribution < 1.29 is 14.7 Å². The van der Waals surface area contributed by atoms with E-state index in [1.807, 2.05) is 4.68 Å². The highest BCUT2D eigenvalue weighted by Crippen LogP contribution is 2.32. The first-order valence-corrected chi connectivity index (χ1v) is 9.06. The Morgan fingerprint density at radius 1 is 1.37 bits per heavy atom. The first-order valence-electron chi connectivity index (χ1n) is 9.06. The molecule has 3 heterocycles. The molecule has 0 bridgehead atoms. The van der Waals surface area contributed by atoms with Crippen LogP contribution in [-0.2, 0) is 30.7 Å². The Balaban J connectivity index is 1.54. The molecule has 142 valence electrons. The summed E-state index contributed by atoms with van der Waals surface area (Å²) in [5, 5.41) is 13.8. The lowest BCUT2D eigenvalue weighted by molar-refractivity contribution is -0.131. The molecule has 0 atom stereocenters. The molecule has 2 aliphatic rings. The zero-order valence-corrected chi connectivity index (χ0v) is 15.1. The zero-order valence-electron chi connectivity index (χ0n) is 15.1. The van der Waals surface area contributed by atoms with Gasteiger partial charge < -0.3 is 15.0 Å². The minimum atomic E-state index is -1.07. The number of carbonyl (C=O) groups is 2. The summed E-state index contributed by atoms with van der Waals surface area (Å²) < 4.78 is 1.81. The van der Waals surface area contributed by atoms with Gasteiger partial charge in [0.1, 0.15) is 5.82 Å². The van der Waals surface area contributed by atoms with E-state index in [-0.39, 0.29) is 30.1 Å². The second-order valence-corrected chi connectivity index (χ2v) is 7.27. The number of H-pyrrole nitrogens is 1. The third-order valence-corrected chi connectivity index (χ3v) is 5.16. The molecule has 9 heteroatoms. The normalized spacial score (nSPS) is 16.3. The second-order valence-electron chi connectivity index (χ2n) is 7.27. The van der Waals surface area contributed by atoms with Crippen LogP contribution < -0.4 is 5.56 Å². The second kappa shape index (κ2) is 6.64. The number of aromatic nitrogens is 4. The number of aromatic carboxylic acids is 1. The maximum Gasteiger partial charge on any atom is 0.356 e. The van der Waals surface area contributed by atoms with Crippen molar-refractivity contribution in [2.75, 3.05) is 6.54 Å². The third kappa shape index (κ3) is 3.49. The summed E-state index contributed by atoms with van der Waals surface area (Å²) in [7, 11) is 0. The number of aryl methyl sites for hydroxylation is 1. The van der Waals surface area contributed by atoms with Crippen molar-refractivity contribution in [1.82, 2.24) is 24.6 Å². The lowest BCUT2D eigenvalue weighted by Gasteiger charge is -2.27. The third-order valence-electron chi connectivity index (χ3n) is 5.16. The molecule has 0 spiro atoms. The van der Waals surface area contributed by atoms with Gasteiger partial charge >= 0.3 is 5.97 Å². The number of fused-ring (bicyclic) bond motifs is 1. The van der Waals surface area contributed by atoms with Gasteiger partial charge in [-0.2, -0.15) is 5.10 Å². The van der Waals surface area contributed by atoms with Crippen LogP contribution in [-0.4, -0.2) is 48.2 Å². The molecule has 1 saturated carbocycles. The van der Waals surface area contributed by atoms with Crippen LogP contribution in [0.5, 0.6) is 0 Å². The molecule has 1 aliphatic carbocycles. The SMILES string of the molecule is Cc1ncc(CC(=O)N2CCc3c(c(C(=O)O)nn3CC3CC3)C2)c(=O)[nH]1. The van der Waals surface area contributed by atoms with E-state index in [4.69, 9.17) is 0 Å². The Labute approximate surface area is 155 Å². The van der Waals surface area contributed by atoms with Crippen LogP contribution >= 0.6 is 0 Å². The number of carbonyl (C=O) groups excluding carboxylic acids is 1. The predicted octanol–water partition coefficient (Wildman–Crippen LogP) is 0.510. The Morgan fingerprint density at radius 3 is 2.81 bits per heavy atom. The number of aromatic amines is 1. The average molecular weight is 371 g/mol. The fourth-order valence-electron chi connectivity index (χ4n) is 3.48. The minimum absolute atomic E-state index is 0.0259. The van der Waals surface area contributed by atoms with E-state index in [0.29, 0.717) is 35.8 Å². The largest absolute Gasteiger partial charge is 0.476 e. The Morgan fingerprint density at radius 2 is 2.15 bits per heavy atom. The van der Waals surface area contributed by atoms with Gasteiger partial charge in [-0.3, -0.25) is 14.3 Å². The predicted molar refractivity (Wildman–Crippen MR) is 94.3 cm³/mol. The standard InChI is InChI=1S/C18H21N5O4/c1-10-19-7-12(17(25)20-10)6-15(24)22-5-4-14-13(9-22)16(18(26)27)21-23(14)8-11-2-3-11/h7,11H,2-6,8-9H2,1H3,(H,26,27)(H,19,20,25). The lowest BCUT2D eigenvalue weighted by atomic mass is 10.0. The number of rotatable bonds is 5. The molecule has 0 radical (unpaired) electrons. The van der Waals surface area contributed by atoms with Crippen LogP contribution in [0.25, 0.3) is 0 Å². The molecule has 0 saturated heterocycles. The summed E-state index contributed by atoms with van der Waals surface area (Å²) in [4.78, 5) is 44.4. The number of hydrogen-bond acceptors (Lipinski definition) is 5. The molecule has 2 N–H and O–H groups in total. The summed E-state index contributed by atoms with van der Waals surface area (Å²) in [5.74, 6) is -0.221. The van der Waals surface area contributed by atoms with Crippen LogP contribution in [0.4, 0.5) is 0 Å². The topological polar surface area (TPSA) is 121 Å². The number of nitrogens with zero attached hydrogens (tertiary/aromatic N) is 4. The van der Waals surface area contributed by atoms with E-state index in [1.54, 1.807) is 11.8 Å².